The molecule has 1 aromatic heterocycles. The Morgan fingerprint density at radius 3 is 2.85 bits per heavy atom. The van der Waals surface area contributed by atoms with Gasteiger partial charge in [-0.2, -0.15) is 0 Å². The molecule has 1 N–H and O–H groups in total. The van der Waals surface area contributed by atoms with Crippen LogP contribution < -0.4 is 4.74 Å². The fourth-order valence-electron chi connectivity index (χ4n) is 3.52. The fraction of sp³-hybridized carbons (Fsp3) is 0.471. The molecule has 0 spiro atoms. The van der Waals surface area contributed by atoms with Gasteiger partial charge in [-0.1, -0.05) is 26.3 Å². The van der Waals surface area contributed by atoms with Gasteiger partial charge in [-0.25, -0.2) is 0 Å². The van der Waals surface area contributed by atoms with E-state index in [0.717, 1.165) is 41.5 Å². The van der Waals surface area contributed by atoms with Crippen molar-refractivity contribution in [2.75, 3.05) is 7.11 Å². The number of Topliss-reactive ketones (excluding diaryl/α,β-unsaturated/α-hetero) is 1. The number of nitrogens with one attached hydrogen (secondary N) is 1. The average molecular weight is 271 g/mol. The van der Waals surface area contributed by atoms with Gasteiger partial charge in [0.15, 0.2) is 5.78 Å². The number of methoxy groups -OCH3 is 1. The first-order valence-corrected chi connectivity index (χ1v) is 7.23. The Hall–Kier alpha value is -1.77. The number of ketones is 1. The first-order valence-electron chi connectivity index (χ1n) is 7.23. The van der Waals surface area contributed by atoms with Gasteiger partial charge in [0, 0.05) is 23.2 Å². The van der Waals surface area contributed by atoms with Crippen molar-refractivity contribution in [1.82, 2.24) is 4.98 Å². The minimum Gasteiger partial charge on any atom is -0.496 e. The predicted octanol–water partition coefficient (Wildman–Crippen LogP) is 4.19. The van der Waals surface area contributed by atoms with E-state index < -0.39 is 0 Å². The second-order valence-electron chi connectivity index (χ2n) is 6.38. The Morgan fingerprint density at radius 1 is 1.40 bits per heavy atom. The lowest BCUT2D eigenvalue weighted by molar-refractivity contribution is 0.0841. The van der Waals surface area contributed by atoms with Crippen LogP contribution in [-0.4, -0.2) is 17.9 Å². The molecule has 1 fully saturated rings. The van der Waals surface area contributed by atoms with Crippen molar-refractivity contribution in [3.8, 4) is 5.75 Å². The summed E-state index contributed by atoms with van der Waals surface area (Å²) >= 11 is 0. The van der Waals surface area contributed by atoms with Crippen LogP contribution in [-0.2, 0) is 0 Å². The number of carbonyl (C=O) groups excluding carboxylic acids is 1. The Bertz CT molecular complexity index is 654. The molecule has 3 rings (SSSR count). The number of hydrogen-bond acceptors (Lipinski definition) is 2. The van der Waals surface area contributed by atoms with Crippen molar-refractivity contribution in [3.63, 3.8) is 0 Å². The summed E-state index contributed by atoms with van der Waals surface area (Å²) in [6.07, 6.45) is 5.10. The van der Waals surface area contributed by atoms with Crippen LogP contribution in [0.25, 0.3) is 10.9 Å². The second kappa shape index (κ2) is 4.65. The maximum Gasteiger partial charge on any atom is 0.168 e. The molecule has 2 aromatic rings. The zero-order valence-corrected chi connectivity index (χ0v) is 12.3. The number of H-pyrrole nitrogens is 1. The highest BCUT2D eigenvalue weighted by atomic mass is 16.5. The van der Waals surface area contributed by atoms with Crippen LogP contribution in [0.5, 0.6) is 5.75 Å². The average Bonchev–Trinajstić information content (AvgIpc) is 3.00. The molecular weight excluding hydrogens is 250 g/mol. The van der Waals surface area contributed by atoms with Crippen molar-refractivity contribution in [1.29, 1.82) is 0 Å². The summed E-state index contributed by atoms with van der Waals surface area (Å²) in [5.41, 5.74) is 1.84. The Balaban J connectivity index is 2.08. The highest BCUT2D eigenvalue weighted by Gasteiger charge is 2.40. The Labute approximate surface area is 119 Å². The molecule has 0 bridgehead atoms. The summed E-state index contributed by atoms with van der Waals surface area (Å²) in [4.78, 5) is 16.1. The number of aromatic nitrogens is 1. The van der Waals surface area contributed by atoms with Crippen molar-refractivity contribution in [2.24, 2.45) is 11.3 Å². The van der Waals surface area contributed by atoms with E-state index in [1.54, 1.807) is 7.11 Å². The molecule has 1 saturated carbocycles. The quantitative estimate of drug-likeness (QED) is 0.851. The molecule has 1 unspecified atom stereocenters. The van der Waals surface area contributed by atoms with E-state index in [0.29, 0.717) is 0 Å². The molecule has 106 valence electrons. The zero-order chi connectivity index (χ0) is 14.3. The summed E-state index contributed by atoms with van der Waals surface area (Å²) in [6.45, 7) is 4.41. The minimum atomic E-state index is 0.0999. The van der Waals surface area contributed by atoms with Gasteiger partial charge in [-0.05, 0) is 30.4 Å². The largest absolute Gasteiger partial charge is 0.496 e. The van der Waals surface area contributed by atoms with E-state index in [9.17, 15) is 4.79 Å². The number of rotatable bonds is 3. The normalized spacial score (nSPS) is 21.2. The van der Waals surface area contributed by atoms with Gasteiger partial charge < -0.3 is 9.72 Å². The first-order chi connectivity index (χ1) is 9.54. The molecule has 1 aromatic carbocycles. The van der Waals surface area contributed by atoms with Crippen LogP contribution in [0.4, 0.5) is 0 Å². The monoisotopic (exact) mass is 271 g/mol. The van der Waals surface area contributed by atoms with E-state index in [-0.39, 0.29) is 17.1 Å². The molecule has 1 heterocycles. The van der Waals surface area contributed by atoms with Crippen LogP contribution in [0.1, 0.15) is 43.5 Å². The van der Waals surface area contributed by atoms with E-state index in [2.05, 4.69) is 18.8 Å². The Morgan fingerprint density at radius 2 is 2.20 bits per heavy atom. The molecule has 0 aliphatic heterocycles. The predicted molar refractivity (Wildman–Crippen MR) is 80.3 cm³/mol. The molecule has 20 heavy (non-hydrogen) atoms. The highest BCUT2D eigenvalue weighted by Crippen LogP contribution is 2.45. The summed E-state index contributed by atoms with van der Waals surface area (Å²) in [5, 5.41) is 0.919. The third-order valence-corrected chi connectivity index (χ3v) is 4.73. The number of hydrogen-bond donors (Lipinski definition) is 1. The molecule has 0 radical (unpaired) electrons. The van der Waals surface area contributed by atoms with Crippen LogP contribution in [0.2, 0.25) is 0 Å². The molecule has 0 saturated heterocycles. The maximum atomic E-state index is 12.9. The molecule has 0 amide bonds. The SMILES string of the molecule is COc1cccc2[nH]cc(C(=O)C3CCCC3(C)C)c12. The maximum absolute atomic E-state index is 12.9. The van der Waals surface area contributed by atoms with E-state index >= 15 is 0 Å². The zero-order valence-electron chi connectivity index (χ0n) is 12.3. The molecule has 1 aliphatic rings. The van der Waals surface area contributed by atoms with Crippen LogP contribution in [0, 0.1) is 11.3 Å². The lowest BCUT2D eigenvalue weighted by Crippen LogP contribution is -2.25. The summed E-state index contributed by atoms with van der Waals surface area (Å²) in [6, 6.07) is 5.83. The van der Waals surface area contributed by atoms with E-state index in [4.69, 9.17) is 4.74 Å². The van der Waals surface area contributed by atoms with Gasteiger partial charge >= 0.3 is 0 Å². The molecule has 3 nitrogen and oxygen atoms in total. The van der Waals surface area contributed by atoms with Crippen LogP contribution in [0.15, 0.2) is 24.4 Å². The number of aromatic amines is 1. The minimum absolute atomic E-state index is 0.0999. The summed E-state index contributed by atoms with van der Waals surface area (Å²) in [7, 11) is 1.65. The Kier molecular flexibility index (Phi) is 3.08. The van der Waals surface area contributed by atoms with Crippen LogP contribution in [0.3, 0.4) is 0 Å². The van der Waals surface area contributed by atoms with Gasteiger partial charge in [-0.3, -0.25) is 4.79 Å². The van der Waals surface area contributed by atoms with E-state index in [1.807, 2.05) is 24.4 Å². The van der Waals surface area contributed by atoms with Gasteiger partial charge in [0.25, 0.3) is 0 Å². The summed E-state index contributed by atoms with van der Waals surface area (Å²) in [5.74, 6) is 1.14. The van der Waals surface area contributed by atoms with Crippen LogP contribution >= 0.6 is 0 Å². The van der Waals surface area contributed by atoms with Gasteiger partial charge in [0.05, 0.1) is 12.5 Å². The third-order valence-electron chi connectivity index (χ3n) is 4.73. The molecule has 1 atom stereocenters. The number of ether oxygens (including phenoxy) is 1. The van der Waals surface area contributed by atoms with Crippen molar-refractivity contribution in [3.05, 3.63) is 30.0 Å². The van der Waals surface area contributed by atoms with Gasteiger partial charge in [-0.15, -0.1) is 0 Å². The highest BCUT2D eigenvalue weighted by molar-refractivity contribution is 6.11. The van der Waals surface area contributed by atoms with Crippen molar-refractivity contribution >= 4 is 16.7 Å². The lowest BCUT2D eigenvalue weighted by Gasteiger charge is -2.25. The van der Waals surface area contributed by atoms with Crippen molar-refractivity contribution in [2.45, 2.75) is 33.1 Å². The summed E-state index contributed by atoms with van der Waals surface area (Å²) < 4.78 is 5.42. The lowest BCUT2D eigenvalue weighted by atomic mass is 9.77. The fourth-order valence-corrected chi connectivity index (χ4v) is 3.52. The van der Waals surface area contributed by atoms with E-state index in [1.165, 1.54) is 0 Å². The number of fused-ring (bicyclic) bond motifs is 1. The first kappa shape index (κ1) is 13.2. The molecular formula is C17H21NO2. The third kappa shape index (κ3) is 1.92. The second-order valence-corrected chi connectivity index (χ2v) is 6.38. The van der Waals surface area contributed by atoms with Gasteiger partial charge in [0.1, 0.15) is 5.75 Å². The topological polar surface area (TPSA) is 42.1 Å². The molecule has 1 aliphatic carbocycles. The smallest absolute Gasteiger partial charge is 0.168 e. The number of carbonyl (C=O) groups is 1. The van der Waals surface area contributed by atoms with Gasteiger partial charge in [0.2, 0.25) is 0 Å². The number of benzene rings is 1. The standard InChI is InChI=1S/C17H21NO2/c1-17(2)9-5-6-12(17)16(19)11-10-18-13-7-4-8-14(20-3)15(11)13/h4,7-8,10,12,18H,5-6,9H2,1-3H3. The van der Waals surface area contributed by atoms with Crippen molar-refractivity contribution < 1.29 is 9.53 Å². The molecule has 3 heteroatoms.